The molecule has 5 heteroatoms. The van der Waals surface area contributed by atoms with Crippen molar-refractivity contribution in [1.29, 1.82) is 0 Å². The minimum absolute atomic E-state index is 0.249. The number of hydrogen-bond acceptors (Lipinski definition) is 4. The lowest BCUT2D eigenvalue weighted by atomic mass is 9.99. The highest BCUT2D eigenvalue weighted by atomic mass is 32.2. The molecule has 1 aliphatic heterocycles. The fourth-order valence-corrected chi connectivity index (χ4v) is 3.11. The summed E-state index contributed by atoms with van der Waals surface area (Å²) in [5, 5.41) is 0. The van der Waals surface area contributed by atoms with E-state index < -0.39 is 9.84 Å². The van der Waals surface area contributed by atoms with Crippen molar-refractivity contribution in [3.05, 3.63) is 30.3 Å². The van der Waals surface area contributed by atoms with Crippen LogP contribution in [0.3, 0.4) is 0 Å². The average molecular weight is 297 g/mol. The molecule has 1 aromatic rings. The standard InChI is InChI=1S/C15H23NO3S/c1-20(17,18)11-10-16-9-5-6-14(12-16)13-19-15-7-3-2-4-8-15/h2-4,7-8,14H,5-6,9-13H2,1H3. The molecule has 1 aromatic carbocycles. The fourth-order valence-electron chi connectivity index (χ4n) is 2.52. The lowest BCUT2D eigenvalue weighted by molar-refractivity contribution is 0.135. The molecule has 1 fully saturated rings. The largest absolute Gasteiger partial charge is 0.493 e. The third-order valence-corrected chi connectivity index (χ3v) is 4.53. The highest BCUT2D eigenvalue weighted by Gasteiger charge is 2.21. The van der Waals surface area contributed by atoms with Crippen molar-refractivity contribution in [2.75, 3.05) is 38.2 Å². The maximum Gasteiger partial charge on any atom is 0.148 e. The van der Waals surface area contributed by atoms with Crippen molar-refractivity contribution in [1.82, 2.24) is 4.90 Å². The summed E-state index contributed by atoms with van der Waals surface area (Å²) in [4.78, 5) is 2.24. The van der Waals surface area contributed by atoms with E-state index in [1.54, 1.807) is 0 Å². The quantitative estimate of drug-likeness (QED) is 0.803. The van der Waals surface area contributed by atoms with Crippen LogP contribution in [0, 0.1) is 5.92 Å². The number of sulfone groups is 1. The van der Waals surface area contributed by atoms with Crippen LogP contribution < -0.4 is 4.74 Å². The number of para-hydroxylation sites is 1. The fraction of sp³-hybridized carbons (Fsp3) is 0.600. The van der Waals surface area contributed by atoms with Crippen molar-refractivity contribution in [2.45, 2.75) is 12.8 Å². The molecule has 1 unspecified atom stereocenters. The predicted octanol–water partition coefficient (Wildman–Crippen LogP) is 1.82. The first-order chi connectivity index (χ1) is 9.53. The van der Waals surface area contributed by atoms with Crippen LogP contribution in [0.15, 0.2) is 30.3 Å². The maximum absolute atomic E-state index is 11.2. The lowest BCUT2D eigenvalue weighted by Crippen LogP contribution is -2.40. The summed E-state index contributed by atoms with van der Waals surface area (Å²) in [6.07, 6.45) is 3.57. The van der Waals surface area contributed by atoms with Gasteiger partial charge in [-0.2, -0.15) is 0 Å². The van der Waals surface area contributed by atoms with Gasteiger partial charge < -0.3 is 9.64 Å². The second kappa shape index (κ2) is 7.09. The number of nitrogens with zero attached hydrogens (tertiary/aromatic N) is 1. The van der Waals surface area contributed by atoms with Crippen molar-refractivity contribution in [3.8, 4) is 5.75 Å². The van der Waals surface area contributed by atoms with Gasteiger partial charge in [0.25, 0.3) is 0 Å². The van der Waals surface area contributed by atoms with Crippen LogP contribution >= 0.6 is 0 Å². The van der Waals surface area contributed by atoms with Crippen LogP contribution in [0.1, 0.15) is 12.8 Å². The molecule has 0 saturated carbocycles. The SMILES string of the molecule is CS(=O)(=O)CCN1CCCC(COc2ccccc2)C1. The van der Waals surface area contributed by atoms with Crippen LogP contribution in [0.5, 0.6) is 5.75 Å². The molecule has 0 radical (unpaired) electrons. The van der Waals surface area contributed by atoms with Crippen molar-refractivity contribution >= 4 is 9.84 Å². The van der Waals surface area contributed by atoms with Crippen molar-refractivity contribution in [2.24, 2.45) is 5.92 Å². The summed E-state index contributed by atoms with van der Waals surface area (Å²) in [7, 11) is -2.87. The maximum atomic E-state index is 11.2. The highest BCUT2D eigenvalue weighted by molar-refractivity contribution is 7.90. The van der Waals surface area contributed by atoms with E-state index in [-0.39, 0.29) is 5.75 Å². The summed E-state index contributed by atoms with van der Waals surface area (Å²) < 4.78 is 28.2. The third kappa shape index (κ3) is 5.51. The molecule has 1 aliphatic rings. The minimum Gasteiger partial charge on any atom is -0.493 e. The molecule has 0 bridgehead atoms. The van der Waals surface area contributed by atoms with Gasteiger partial charge in [0.15, 0.2) is 0 Å². The molecule has 0 N–H and O–H groups in total. The van der Waals surface area contributed by atoms with Crippen molar-refractivity contribution < 1.29 is 13.2 Å². The zero-order chi connectivity index (χ0) is 14.4. The number of benzene rings is 1. The Morgan fingerprint density at radius 2 is 2.05 bits per heavy atom. The summed E-state index contributed by atoms with van der Waals surface area (Å²) >= 11 is 0. The Kier molecular flexibility index (Phi) is 5.43. The normalized spacial score (nSPS) is 20.8. The number of piperidine rings is 1. The van der Waals surface area contributed by atoms with E-state index in [1.165, 1.54) is 6.26 Å². The van der Waals surface area contributed by atoms with E-state index in [0.717, 1.165) is 31.7 Å². The van der Waals surface area contributed by atoms with Crippen LogP contribution in [0.25, 0.3) is 0 Å². The number of likely N-dealkylation sites (tertiary alicyclic amines) is 1. The van der Waals surface area contributed by atoms with Crippen LogP contribution in [-0.4, -0.2) is 51.6 Å². The Hall–Kier alpha value is -1.07. The van der Waals surface area contributed by atoms with Crippen molar-refractivity contribution in [3.63, 3.8) is 0 Å². The molecule has 2 rings (SSSR count). The van der Waals surface area contributed by atoms with Gasteiger partial charge in [-0.15, -0.1) is 0 Å². The van der Waals surface area contributed by atoms with Gasteiger partial charge in [0, 0.05) is 25.3 Å². The summed E-state index contributed by atoms with van der Waals surface area (Å²) in [5.74, 6) is 1.64. The van der Waals surface area contributed by atoms with Crippen LogP contribution in [0.4, 0.5) is 0 Å². The molecule has 4 nitrogen and oxygen atoms in total. The molecule has 20 heavy (non-hydrogen) atoms. The van der Waals surface area contributed by atoms with E-state index in [1.807, 2.05) is 30.3 Å². The zero-order valence-corrected chi connectivity index (χ0v) is 12.8. The Labute approximate surface area is 121 Å². The van der Waals surface area contributed by atoms with Crippen LogP contribution in [0.2, 0.25) is 0 Å². The Balaban J connectivity index is 1.76. The molecular formula is C15H23NO3S. The van der Waals surface area contributed by atoms with Gasteiger partial charge in [-0.05, 0) is 31.5 Å². The zero-order valence-electron chi connectivity index (χ0n) is 12.0. The summed E-state index contributed by atoms with van der Waals surface area (Å²) in [5.41, 5.74) is 0. The molecule has 1 heterocycles. The van der Waals surface area contributed by atoms with E-state index >= 15 is 0 Å². The molecule has 112 valence electrons. The first-order valence-electron chi connectivity index (χ1n) is 7.11. The Bertz CT molecular complexity index is 501. The van der Waals surface area contributed by atoms with Gasteiger partial charge in [-0.25, -0.2) is 8.42 Å². The van der Waals surface area contributed by atoms with Gasteiger partial charge in [0.05, 0.1) is 12.4 Å². The smallest absolute Gasteiger partial charge is 0.148 e. The van der Waals surface area contributed by atoms with Gasteiger partial charge in [0.2, 0.25) is 0 Å². The predicted molar refractivity (Wildman–Crippen MR) is 80.8 cm³/mol. The first-order valence-corrected chi connectivity index (χ1v) is 9.17. The number of rotatable bonds is 6. The van der Waals surface area contributed by atoms with Gasteiger partial charge in [-0.3, -0.25) is 0 Å². The second-order valence-corrected chi connectivity index (χ2v) is 7.82. The van der Waals surface area contributed by atoms with Gasteiger partial charge in [-0.1, -0.05) is 18.2 Å². The molecule has 1 saturated heterocycles. The Morgan fingerprint density at radius 1 is 1.30 bits per heavy atom. The van der Waals surface area contributed by atoms with Gasteiger partial charge >= 0.3 is 0 Å². The summed E-state index contributed by atoms with van der Waals surface area (Å²) in [6, 6.07) is 9.83. The topological polar surface area (TPSA) is 46.6 Å². The molecule has 0 amide bonds. The molecule has 0 spiro atoms. The Morgan fingerprint density at radius 3 is 2.75 bits per heavy atom. The second-order valence-electron chi connectivity index (χ2n) is 5.56. The molecule has 0 aliphatic carbocycles. The van der Waals surface area contributed by atoms with Crippen LogP contribution in [-0.2, 0) is 9.84 Å². The van der Waals surface area contributed by atoms with E-state index in [0.29, 0.717) is 19.1 Å². The summed E-state index contributed by atoms with van der Waals surface area (Å²) in [6.45, 7) is 3.28. The highest BCUT2D eigenvalue weighted by Crippen LogP contribution is 2.18. The average Bonchev–Trinajstić information content (AvgIpc) is 2.44. The van der Waals surface area contributed by atoms with E-state index in [4.69, 9.17) is 4.74 Å². The van der Waals surface area contributed by atoms with Gasteiger partial charge in [0.1, 0.15) is 15.6 Å². The lowest BCUT2D eigenvalue weighted by Gasteiger charge is -2.32. The molecular weight excluding hydrogens is 274 g/mol. The monoisotopic (exact) mass is 297 g/mol. The van der Waals surface area contributed by atoms with E-state index in [9.17, 15) is 8.42 Å². The molecule has 1 atom stereocenters. The van der Waals surface area contributed by atoms with E-state index in [2.05, 4.69) is 4.90 Å². The first kappa shape index (κ1) is 15.3. The third-order valence-electron chi connectivity index (χ3n) is 3.61. The number of hydrogen-bond donors (Lipinski definition) is 0. The minimum atomic E-state index is -2.87. The molecule has 0 aromatic heterocycles. The number of ether oxygens (including phenoxy) is 1.